The van der Waals surface area contributed by atoms with E-state index in [4.69, 9.17) is 12.3 Å². The summed E-state index contributed by atoms with van der Waals surface area (Å²) in [6, 6.07) is 3.41. The fourth-order valence-electron chi connectivity index (χ4n) is 3.66. The monoisotopic (exact) mass is 353 g/mol. The van der Waals surface area contributed by atoms with Crippen molar-refractivity contribution >= 4 is 11.8 Å². The first kappa shape index (κ1) is 9.15. The molecule has 3 aliphatic rings. The highest BCUT2D eigenvalue weighted by atomic mass is 19.1. The van der Waals surface area contributed by atoms with E-state index in [2.05, 4.69) is 0 Å². The Bertz CT molecular complexity index is 1030. The minimum absolute atomic E-state index is 0.186. The van der Waals surface area contributed by atoms with Crippen LogP contribution in [0.1, 0.15) is 61.9 Å². The normalized spacial score (nSPS) is 45.5. The summed E-state index contributed by atoms with van der Waals surface area (Å²) in [4.78, 5) is 28.9. The van der Waals surface area contributed by atoms with Crippen molar-refractivity contribution in [3.8, 4) is 0 Å². The van der Waals surface area contributed by atoms with Crippen molar-refractivity contribution in [1.29, 1.82) is 0 Å². The lowest BCUT2D eigenvalue weighted by Gasteiger charge is -2.45. The Labute approximate surface area is 160 Å². The predicted molar refractivity (Wildman–Crippen MR) is 92.3 cm³/mol. The van der Waals surface area contributed by atoms with Crippen LogP contribution in [0.3, 0.4) is 0 Å². The first-order chi connectivity index (χ1) is 15.4. The van der Waals surface area contributed by atoms with Crippen LogP contribution in [0, 0.1) is 17.6 Å². The summed E-state index contributed by atoms with van der Waals surface area (Å²) in [6.07, 6.45) is -12.6. The van der Waals surface area contributed by atoms with Crippen LogP contribution >= 0.6 is 0 Å². The molecule has 0 aromatic heterocycles. The van der Waals surface area contributed by atoms with Crippen LogP contribution in [0.15, 0.2) is 18.2 Å². The fourth-order valence-corrected chi connectivity index (χ4v) is 3.66. The quantitative estimate of drug-likeness (QED) is 0.779. The lowest BCUT2D eigenvalue weighted by molar-refractivity contribution is -0.152. The minimum Gasteiger partial charge on any atom is -0.332 e. The third-order valence-corrected chi connectivity index (χ3v) is 4.89. The van der Waals surface area contributed by atoms with Crippen LogP contribution in [-0.2, 0) is 16.0 Å². The van der Waals surface area contributed by atoms with E-state index in [1.165, 1.54) is 17.0 Å². The molecule has 4 nitrogen and oxygen atoms in total. The Balaban J connectivity index is 1.76. The highest BCUT2D eigenvalue weighted by Crippen LogP contribution is 2.36. The summed E-state index contributed by atoms with van der Waals surface area (Å²) in [7, 11) is 0. The summed E-state index contributed by atoms with van der Waals surface area (Å²) < 4.78 is 88.3. The second-order valence-electron chi connectivity index (χ2n) is 6.51. The molecule has 4 rings (SSSR count). The second kappa shape index (κ2) is 6.43. The molecule has 1 aliphatic carbocycles. The third-order valence-electron chi connectivity index (χ3n) is 4.89. The maximum Gasteiger partial charge on any atom is 0.242 e. The van der Waals surface area contributed by atoms with Gasteiger partial charge in [0.05, 0.1) is 12.6 Å². The molecule has 134 valence electrons. The first-order valence-corrected chi connectivity index (χ1v) is 8.26. The summed E-state index contributed by atoms with van der Waals surface area (Å²) >= 11 is 0. The molecule has 0 radical (unpaired) electrons. The molecule has 2 fully saturated rings. The first-order valence-electron chi connectivity index (χ1n) is 12.8. The van der Waals surface area contributed by atoms with Gasteiger partial charge in [-0.05, 0) is 48.3 Å². The highest BCUT2D eigenvalue weighted by molar-refractivity contribution is 5.87. The molecule has 0 bridgehead atoms. The topological polar surface area (TPSA) is 40.6 Å². The number of hydrogen-bond donors (Lipinski definition) is 0. The summed E-state index contributed by atoms with van der Waals surface area (Å²) in [5.74, 6) is -7.47. The predicted octanol–water partition coefficient (Wildman–Crippen LogP) is 2.92. The lowest BCUT2D eigenvalue weighted by atomic mass is 9.81. The van der Waals surface area contributed by atoms with Crippen molar-refractivity contribution in [1.82, 2.24) is 9.80 Å². The van der Waals surface area contributed by atoms with Gasteiger partial charge in [0, 0.05) is 31.3 Å². The zero-order chi connectivity index (χ0) is 25.6. The van der Waals surface area contributed by atoms with Crippen LogP contribution in [0.5, 0.6) is 0 Å². The van der Waals surface area contributed by atoms with Crippen molar-refractivity contribution in [3.63, 3.8) is 0 Å². The van der Waals surface area contributed by atoms with Gasteiger partial charge in [-0.2, -0.15) is 0 Å². The molecule has 1 saturated heterocycles. The SMILES string of the molecule is [2H]C1([2H])C(C(=O)N2CC(=O)N3CCc4ccc(F)cc4C3C2)C([2H])([2H])C([2H])(C)C([2H])([2H])C1([2H])[2H]. The van der Waals surface area contributed by atoms with Crippen molar-refractivity contribution in [2.75, 3.05) is 19.6 Å². The highest BCUT2D eigenvalue weighted by Gasteiger charge is 2.40. The number of halogens is 1. The number of piperazine rings is 1. The molecule has 2 heterocycles. The molecule has 5 heteroatoms. The van der Waals surface area contributed by atoms with Crippen molar-refractivity contribution < 1.29 is 26.3 Å². The number of rotatable bonds is 1. The molecule has 2 amide bonds. The number of hydrogen-bond acceptors (Lipinski definition) is 2. The fraction of sp³-hybridized carbons (Fsp3) is 0.600. The minimum atomic E-state index is -3.39. The van der Waals surface area contributed by atoms with Gasteiger partial charge >= 0.3 is 0 Å². The molecule has 0 N–H and O–H groups in total. The number of benzene rings is 1. The molecular formula is C20H25FN2O2. The Morgan fingerprint density at radius 3 is 3.08 bits per heavy atom. The molecule has 25 heavy (non-hydrogen) atoms. The van der Waals surface area contributed by atoms with E-state index < -0.39 is 67.5 Å². The maximum absolute atomic E-state index is 14.0. The van der Waals surface area contributed by atoms with E-state index in [0.717, 1.165) is 17.4 Å². The summed E-state index contributed by atoms with van der Waals surface area (Å²) in [6.45, 7) is 0.452. The van der Waals surface area contributed by atoms with E-state index in [1.54, 1.807) is 6.07 Å². The van der Waals surface area contributed by atoms with Gasteiger partial charge in [-0.15, -0.1) is 0 Å². The van der Waals surface area contributed by atoms with Gasteiger partial charge in [-0.25, -0.2) is 4.39 Å². The Morgan fingerprint density at radius 1 is 1.40 bits per heavy atom. The Kier molecular flexibility index (Phi) is 2.35. The number of carbonyl (C=O) groups is 2. The molecule has 1 saturated carbocycles. The van der Waals surface area contributed by atoms with Gasteiger partial charge < -0.3 is 9.80 Å². The van der Waals surface area contributed by atoms with E-state index in [-0.39, 0.29) is 6.54 Å². The zero-order valence-corrected chi connectivity index (χ0v) is 13.8. The zero-order valence-electron chi connectivity index (χ0n) is 22.8. The maximum atomic E-state index is 14.0. The van der Waals surface area contributed by atoms with Crippen LogP contribution < -0.4 is 0 Å². The average molecular weight is 353 g/mol. The largest absolute Gasteiger partial charge is 0.332 e. The van der Waals surface area contributed by atoms with Crippen LogP contribution in [-0.4, -0.2) is 41.2 Å². The van der Waals surface area contributed by atoms with Crippen molar-refractivity contribution in [3.05, 3.63) is 35.1 Å². The van der Waals surface area contributed by atoms with E-state index in [1.807, 2.05) is 0 Å². The molecule has 2 aliphatic heterocycles. The van der Waals surface area contributed by atoms with Gasteiger partial charge in [-0.1, -0.05) is 25.7 Å². The molecular weight excluding hydrogens is 319 g/mol. The van der Waals surface area contributed by atoms with E-state index in [9.17, 15) is 14.0 Å². The second-order valence-corrected chi connectivity index (χ2v) is 6.51. The van der Waals surface area contributed by atoms with Gasteiger partial charge in [0.15, 0.2) is 0 Å². The van der Waals surface area contributed by atoms with Gasteiger partial charge in [0.25, 0.3) is 0 Å². The molecule has 1 aromatic carbocycles. The molecule has 0 spiro atoms. The van der Waals surface area contributed by atoms with Crippen LogP contribution in [0.2, 0.25) is 0 Å². The number of carbonyl (C=O) groups excluding carboxylic acids is 2. The van der Waals surface area contributed by atoms with Gasteiger partial charge in [-0.3, -0.25) is 9.59 Å². The standard InChI is InChI=1S/C20H25FN2O2/c1-13-3-2-4-15(9-13)20(25)22-11-18-17-10-16(21)6-5-14(17)7-8-23(18)19(24)12-22/h5-6,10,13,15,18H,2-4,7-9,11-12H2,1H3/i2D2,3D2,4D2,9D2,13D. The van der Waals surface area contributed by atoms with E-state index >= 15 is 0 Å². The number of amides is 2. The number of nitrogens with zero attached hydrogens (tertiary/aromatic N) is 2. The third kappa shape index (κ3) is 3.05. The molecule has 1 aromatic rings. The van der Waals surface area contributed by atoms with Gasteiger partial charge in [0.1, 0.15) is 5.82 Å². The average Bonchev–Trinajstić information content (AvgIpc) is 2.71. The lowest BCUT2D eigenvalue weighted by Crippen LogP contribution is -2.56. The number of fused-ring (bicyclic) bond motifs is 3. The molecule has 3 unspecified atom stereocenters. The summed E-state index contributed by atoms with van der Waals surface area (Å²) in [5.41, 5.74) is 1.28. The van der Waals surface area contributed by atoms with E-state index in [0.29, 0.717) is 18.5 Å². The van der Waals surface area contributed by atoms with Gasteiger partial charge in [0.2, 0.25) is 11.8 Å². The van der Waals surface area contributed by atoms with Crippen LogP contribution in [0.4, 0.5) is 4.39 Å². The van der Waals surface area contributed by atoms with Crippen molar-refractivity contribution in [2.24, 2.45) is 11.8 Å². The Morgan fingerprint density at radius 2 is 2.24 bits per heavy atom. The smallest absolute Gasteiger partial charge is 0.242 e. The Hall–Kier alpha value is -1.91. The summed E-state index contributed by atoms with van der Waals surface area (Å²) in [5, 5.41) is 0. The molecule has 3 atom stereocenters. The van der Waals surface area contributed by atoms with Crippen LogP contribution in [0.25, 0.3) is 0 Å². The van der Waals surface area contributed by atoms with Crippen molar-refractivity contribution in [2.45, 2.75) is 44.9 Å².